The minimum atomic E-state index is -4.48. The van der Waals surface area contributed by atoms with E-state index in [-0.39, 0.29) is 61.2 Å². The number of hydrogen-bond donors (Lipinski definition) is 2. The molecule has 0 amide bonds. The SMILES string of the molecule is Cc1ccc(N)cc1.Cc1nc2ccc(F)cn2c1-c1cc([N+](=O)[O-])cc(Cl)n1.Cc1nc2ccc(F)cn2c1-c1cc([N+](=O)[O-])cc(Nc2ccc(C(F)(F)F)cc2)n1.Cc1nc2ccc(F)cn2c1C.O=[N+]([O-])c1cc(Cl)nc(Cl)c1. The number of pyridine rings is 6. The fourth-order valence-electron chi connectivity index (χ4n) is 7.68. The van der Waals surface area contributed by atoms with Crippen molar-refractivity contribution >= 4 is 86.0 Å². The predicted molar refractivity (Wildman–Crippen MR) is 300 cm³/mol. The average Bonchev–Trinajstić information content (AvgIpc) is 3.91. The highest BCUT2D eigenvalue weighted by Crippen LogP contribution is 2.33. The van der Waals surface area contributed by atoms with Crippen LogP contribution in [0, 0.1) is 82.4 Å². The Morgan fingerprint density at radius 2 is 0.892 bits per heavy atom. The summed E-state index contributed by atoms with van der Waals surface area (Å²) in [6, 6.07) is 27.6. The summed E-state index contributed by atoms with van der Waals surface area (Å²) in [7, 11) is 0. The van der Waals surface area contributed by atoms with Crippen LogP contribution in [0.25, 0.3) is 39.7 Å². The van der Waals surface area contributed by atoms with Crippen LogP contribution in [-0.4, -0.2) is 57.9 Å². The number of benzene rings is 2. The summed E-state index contributed by atoms with van der Waals surface area (Å²) in [5.74, 6) is -1.17. The standard InChI is InChI=1S/C20H13F4N5O2.C13H8ClFN4O2.C9H9FN2.C7H9N.C5H2Cl2N2O2/c1-11-19(28-10-13(21)4-7-18(28)25-11)16-8-15(29(30)31)9-17(27-16)26-14-5-2-12(3-6-14)20(22,23)24;1-7-13(18-6-8(15)2-3-12(18)16-7)10-4-9(19(20)21)5-11(14)17-10;1-6-7(2)12-5-8(10)3-4-9(12)11-6;1-6-2-4-7(8)5-3-6;6-4-1-3(9(10)11)2-5(7)8-4/h2-10H,1H3,(H,26,27);2-6H,1H3;3-5H,1-2H3;2-5H,8H2,1H3;1-2H. The van der Waals surface area contributed by atoms with Crippen LogP contribution in [0.3, 0.4) is 0 Å². The Morgan fingerprint density at radius 1 is 0.494 bits per heavy atom. The van der Waals surface area contributed by atoms with E-state index < -0.39 is 38.1 Å². The van der Waals surface area contributed by atoms with Crippen LogP contribution in [0.2, 0.25) is 15.5 Å². The van der Waals surface area contributed by atoms with Gasteiger partial charge in [-0.3, -0.25) is 39.1 Å². The van der Waals surface area contributed by atoms with Crippen molar-refractivity contribution in [3.8, 4) is 22.8 Å². The molecule has 0 fully saturated rings. The summed E-state index contributed by atoms with van der Waals surface area (Å²) in [6.07, 6.45) is -0.594. The van der Waals surface area contributed by atoms with Gasteiger partial charge in [-0.1, -0.05) is 52.5 Å². The topological polar surface area (TPSA) is 258 Å². The summed E-state index contributed by atoms with van der Waals surface area (Å²) in [4.78, 5) is 55.5. The van der Waals surface area contributed by atoms with Gasteiger partial charge in [-0.25, -0.2) is 43.1 Å². The fraction of sp³-hybridized carbons (Fsp3) is 0.111. The molecule has 0 atom stereocenters. The molecular formula is C54H41Cl3F6N14O6. The van der Waals surface area contributed by atoms with Gasteiger partial charge < -0.3 is 15.5 Å². The maximum Gasteiger partial charge on any atom is 0.416 e. The van der Waals surface area contributed by atoms with Crippen LogP contribution in [0.4, 0.5) is 60.6 Å². The number of imidazole rings is 3. The lowest BCUT2D eigenvalue weighted by atomic mass is 10.2. The number of rotatable bonds is 7. The number of aryl methyl sites for hydroxylation is 5. The number of hydrogen-bond acceptors (Lipinski definition) is 14. The molecule has 0 aliphatic carbocycles. The van der Waals surface area contributed by atoms with E-state index >= 15 is 0 Å². The van der Waals surface area contributed by atoms with Gasteiger partial charge in [0.05, 0.1) is 84.5 Å². The normalized spacial score (nSPS) is 10.9. The maximum absolute atomic E-state index is 13.8. The van der Waals surface area contributed by atoms with Gasteiger partial charge in [-0.2, -0.15) is 13.2 Å². The van der Waals surface area contributed by atoms with E-state index in [1.807, 2.05) is 45.0 Å². The molecule has 0 aliphatic heterocycles. The van der Waals surface area contributed by atoms with Crippen molar-refractivity contribution in [3.63, 3.8) is 0 Å². The Morgan fingerprint density at radius 3 is 1.34 bits per heavy atom. The van der Waals surface area contributed by atoms with Gasteiger partial charge in [0, 0.05) is 47.8 Å². The Balaban J connectivity index is 0.000000163. The number of aromatic nitrogens is 9. The van der Waals surface area contributed by atoms with Gasteiger partial charge in [-0.05, 0) is 107 Å². The largest absolute Gasteiger partial charge is 0.416 e. The van der Waals surface area contributed by atoms with Crippen molar-refractivity contribution in [2.45, 2.75) is 40.8 Å². The molecule has 11 rings (SSSR count). The molecule has 0 aliphatic rings. The number of nitrogens with zero attached hydrogens (tertiary/aromatic N) is 12. The second kappa shape index (κ2) is 25.8. The second-order valence-corrected chi connectivity index (χ2v) is 18.7. The number of nitro groups is 3. The lowest BCUT2D eigenvalue weighted by Crippen LogP contribution is -2.05. The van der Waals surface area contributed by atoms with Crippen molar-refractivity contribution in [2.75, 3.05) is 11.1 Å². The molecule has 0 spiro atoms. The summed E-state index contributed by atoms with van der Waals surface area (Å²) in [5, 5.41) is 35.3. The molecule has 29 heteroatoms. The van der Waals surface area contributed by atoms with E-state index in [1.54, 1.807) is 24.3 Å². The third-order valence-electron chi connectivity index (χ3n) is 11.6. The van der Waals surface area contributed by atoms with Gasteiger partial charge in [0.1, 0.15) is 55.7 Å². The van der Waals surface area contributed by atoms with Crippen LogP contribution in [0.5, 0.6) is 0 Å². The molecule has 426 valence electrons. The number of fused-ring (bicyclic) bond motifs is 3. The molecule has 0 bridgehead atoms. The highest BCUT2D eigenvalue weighted by atomic mass is 35.5. The molecule has 9 aromatic heterocycles. The summed E-state index contributed by atoms with van der Waals surface area (Å²) < 4.78 is 82.9. The average molecular weight is 1200 g/mol. The van der Waals surface area contributed by atoms with E-state index in [1.165, 1.54) is 87.6 Å². The number of anilines is 3. The van der Waals surface area contributed by atoms with Gasteiger partial charge in [0.2, 0.25) is 0 Å². The maximum atomic E-state index is 13.8. The van der Waals surface area contributed by atoms with Crippen LogP contribution >= 0.6 is 34.8 Å². The van der Waals surface area contributed by atoms with E-state index in [9.17, 15) is 56.7 Å². The fourth-order valence-corrected chi connectivity index (χ4v) is 8.33. The van der Waals surface area contributed by atoms with E-state index in [2.05, 4.69) is 35.2 Å². The highest BCUT2D eigenvalue weighted by molar-refractivity contribution is 6.32. The number of nitrogens with one attached hydrogen (secondary N) is 1. The first kappa shape index (κ1) is 60.8. The molecule has 83 heavy (non-hydrogen) atoms. The van der Waals surface area contributed by atoms with Crippen LogP contribution < -0.4 is 11.1 Å². The zero-order valence-corrected chi connectivity index (χ0v) is 45.8. The summed E-state index contributed by atoms with van der Waals surface area (Å²) in [6.45, 7) is 9.26. The molecule has 2 aromatic carbocycles. The van der Waals surface area contributed by atoms with Crippen molar-refractivity contribution in [2.24, 2.45) is 0 Å². The smallest absolute Gasteiger partial charge is 0.399 e. The van der Waals surface area contributed by atoms with Gasteiger partial charge in [-0.15, -0.1) is 0 Å². The Kier molecular flexibility index (Phi) is 18.9. The minimum Gasteiger partial charge on any atom is -0.399 e. The molecule has 9 heterocycles. The molecule has 11 aromatic rings. The molecule has 0 saturated carbocycles. The van der Waals surface area contributed by atoms with Crippen LogP contribution in [0.1, 0.15) is 33.9 Å². The van der Waals surface area contributed by atoms with Crippen molar-refractivity contribution in [1.82, 2.24) is 43.1 Å². The number of nitrogens with two attached hydrogens (primary N) is 1. The Labute approximate surface area is 479 Å². The lowest BCUT2D eigenvalue weighted by Gasteiger charge is -2.10. The monoisotopic (exact) mass is 1200 g/mol. The second-order valence-electron chi connectivity index (χ2n) is 17.6. The first-order valence-electron chi connectivity index (χ1n) is 23.8. The van der Waals surface area contributed by atoms with Crippen molar-refractivity contribution < 1.29 is 41.1 Å². The molecule has 0 radical (unpaired) electrons. The van der Waals surface area contributed by atoms with E-state index in [0.717, 1.165) is 59.1 Å². The number of nitrogen functional groups attached to an aromatic ring is 1. The van der Waals surface area contributed by atoms with Gasteiger partial charge in [0.25, 0.3) is 17.1 Å². The molecule has 20 nitrogen and oxygen atoms in total. The summed E-state index contributed by atoms with van der Waals surface area (Å²) in [5.41, 5.74) is 12.3. The Bertz CT molecular complexity index is 4180. The zero-order valence-electron chi connectivity index (χ0n) is 43.6. The third-order valence-corrected chi connectivity index (χ3v) is 12.2. The minimum absolute atomic E-state index is 0.00930. The first-order chi connectivity index (χ1) is 39.1. The Hall–Kier alpha value is -9.79. The van der Waals surface area contributed by atoms with Crippen LogP contribution in [-0.2, 0) is 6.18 Å². The number of alkyl halides is 3. The van der Waals surface area contributed by atoms with Gasteiger partial charge >= 0.3 is 6.18 Å². The zero-order chi connectivity index (χ0) is 60.6. The first-order valence-corrected chi connectivity index (χ1v) is 24.9. The summed E-state index contributed by atoms with van der Waals surface area (Å²) >= 11 is 16.6. The van der Waals surface area contributed by atoms with E-state index in [4.69, 9.17) is 40.5 Å². The molecule has 0 unspecified atom stereocenters. The van der Waals surface area contributed by atoms with Crippen LogP contribution in [0.15, 0.2) is 140 Å². The van der Waals surface area contributed by atoms with Gasteiger partial charge in [0.15, 0.2) is 0 Å². The molecule has 3 N–H and O–H groups in total. The predicted octanol–water partition coefficient (Wildman–Crippen LogP) is 14.9. The van der Waals surface area contributed by atoms with Crippen molar-refractivity contribution in [3.05, 3.63) is 237 Å². The number of halogens is 9. The molecular weight excluding hydrogens is 1160 g/mol. The third kappa shape index (κ3) is 15.6. The lowest BCUT2D eigenvalue weighted by molar-refractivity contribution is -0.385. The molecule has 0 saturated heterocycles. The highest BCUT2D eigenvalue weighted by Gasteiger charge is 2.30. The quantitative estimate of drug-likeness (QED) is 0.0495. The van der Waals surface area contributed by atoms with Crippen molar-refractivity contribution in [1.29, 1.82) is 0 Å². The van der Waals surface area contributed by atoms with E-state index in [0.29, 0.717) is 34.1 Å².